The maximum atomic E-state index is 14.2. The zero-order valence-electron chi connectivity index (χ0n) is 14.5. The SMILES string of the molecule is CC[C@@H](C)Nc1nc(Nc2ccc(I)cc2F)cc(-c2ccncc2)n1. The number of pyridine rings is 1. The highest BCUT2D eigenvalue weighted by molar-refractivity contribution is 14.1. The summed E-state index contributed by atoms with van der Waals surface area (Å²) in [7, 11) is 0. The van der Waals surface area contributed by atoms with E-state index in [-0.39, 0.29) is 11.9 Å². The number of hydrogen-bond acceptors (Lipinski definition) is 5. The number of nitrogens with one attached hydrogen (secondary N) is 2. The van der Waals surface area contributed by atoms with Gasteiger partial charge in [0.05, 0.1) is 11.4 Å². The highest BCUT2D eigenvalue weighted by atomic mass is 127. The van der Waals surface area contributed by atoms with Gasteiger partial charge in [-0.2, -0.15) is 4.98 Å². The summed E-state index contributed by atoms with van der Waals surface area (Å²) in [6.45, 7) is 4.15. The van der Waals surface area contributed by atoms with Crippen molar-refractivity contribution in [3.8, 4) is 11.3 Å². The van der Waals surface area contributed by atoms with Crippen LogP contribution in [0.5, 0.6) is 0 Å². The zero-order valence-corrected chi connectivity index (χ0v) is 16.7. The summed E-state index contributed by atoms with van der Waals surface area (Å²) in [5, 5.41) is 6.33. The van der Waals surface area contributed by atoms with Crippen LogP contribution < -0.4 is 10.6 Å². The molecular weight excluding hydrogens is 444 g/mol. The van der Waals surface area contributed by atoms with Gasteiger partial charge in [0, 0.05) is 33.6 Å². The van der Waals surface area contributed by atoms with Gasteiger partial charge in [0.2, 0.25) is 5.95 Å². The zero-order chi connectivity index (χ0) is 18.5. The second-order valence-corrected chi connectivity index (χ2v) is 7.15. The van der Waals surface area contributed by atoms with Crippen molar-refractivity contribution in [2.45, 2.75) is 26.3 Å². The fourth-order valence-corrected chi connectivity index (χ4v) is 2.75. The largest absolute Gasteiger partial charge is 0.352 e. The van der Waals surface area contributed by atoms with E-state index in [0.717, 1.165) is 21.2 Å². The average Bonchev–Trinajstić information content (AvgIpc) is 2.64. The van der Waals surface area contributed by atoms with E-state index in [9.17, 15) is 4.39 Å². The van der Waals surface area contributed by atoms with Crippen molar-refractivity contribution in [1.29, 1.82) is 0 Å². The van der Waals surface area contributed by atoms with Crippen LogP contribution in [0.2, 0.25) is 0 Å². The van der Waals surface area contributed by atoms with Crippen LogP contribution in [0.15, 0.2) is 48.8 Å². The molecule has 7 heteroatoms. The van der Waals surface area contributed by atoms with Crippen molar-refractivity contribution >= 4 is 40.0 Å². The molecule has 0 saturated carbocycles. The molecular formula is C19H19FIN5. The Bertz CT molecular complexity index is 888. The van der Waals surface area contributed by atoms with Crippen LogP contribution in [0, 0.1) is 9.39 Å². The first kappa shape index (κ1) is 18.5. The number of halogens is 2. The summed E-state index contributed by atoms with van der Waals surface area (Å²) in [5.41, 5.74) is 2.03. The Morgan fingerprint density at radius 2 is 1.88 bits per heavy atom. The van der Waals surface area contributed by atoms with E-state index in [1.165, 1.54) is 6.07 Å². The Hall–Kier alpha value is -2.29. The van der Waals surface area contributed by atoms with Crippen LogP contribution in [-0.4, -0.2) is 21.0 Å². The average molecular weight is 463 g/mol. The van der Waals surface area contributed by atoms with Crippen LogP contribution >= 0.6 is 22.6 Å². The molecule has 5 nitrogen and oxygen atoms in total. The summed E-state index contributed by atoms with van der Waals surface area (Å²) in [4.78, 5) is 13.1. The first-order chi connectivity index (χ1) is 12.5. The minimum absolute atomic E-state index is 0.227. The smallest absolute Gasteiger partial charge is 0.225 e. The van der Waals surface area contributed by atoms with E-state index in [1.54, 1.807) is 24.5 Å². The molecule has 2 N–H and O–H groups in total. The summed E-state index contributed by atoms with van der Waals surface area (Å²) in [5.74, 6) is 0.706. The van der Waals surface area contributed by atoms with Gasteiger partial charge in [0.1, 0.15) is 11.6 Å². The fourth-order valence-electron chi connectivity index (χ4n) is 2.30. The Morgan fingerprint density at radius 1 is 1.12 bits per heavy atom. The van der Waals surface area contributed by atoms with Crippen molar-refractivity contribution in [3.63, 3.8) is 0 Å². The van der Waals surface area contributed by atoms with Crippen LogP contribution in [0.3, 0.4) is 0 Å². The van der Waals surface area contributed by atoms with E-state index in [4.69, 9.17) is 0 Å². The van der Waals surface area contributed by atoms with Crippen molar-refractivity contribution in [3.05, 3.63) is 58.2 Å². The van der Waals surface area contributed by atoms with E-state index in [0.29, 0.717) is 17.5 Å². The molecule has 3 rings (SSSR count). The third-order valence-corrected chi connectivity index (χ3v) is 4.55. The predicted molar refractivity (Wildman–Crippen MR) is 111 cm³/mol. The van der Waals surface area contributed by atoms with Gasteiger partial charge in [0.15, 0.2) is 0 Å². The number of benzene rings is 1. The van der Waals surface area contributed by atoms with Crippen LogP contribution in [0.1, 0.15) is 20.3 Å². The van der Waals surface area contributed by atoms with E-state index in [1.807, 2.05) is 18.2 Å². The summed E-state index contributed by atoms with van der Waals surface area (Å²) < 4.78 is 15.0. The minimum Gasteiger partial charge on any atom is -0.352 e. The number of aromatic nitrogens is 3. The maximum absolute atomic E-state index is 14.2. The van der Waals surface area contributed by atoms with Gasteiger partial charge < -0.3 is 10.6 Å². The molecule has 0 bridgehead atoms. The normalized spacial score (nSPS) is 11.8. The molecule has 0 spiro atoms. The lowest BCUT2D eigenvalue weighted by Gasteiger charge is -2.15. The topological polar surface area (TPSA) is 62.7 Å². The molecule has 0 saturated heterocycles. The molecule has 0 fully saturated rings. The maximum Gasteiger partial charge on any atom is 0.225 e. The fraction of sp³-hybridized carbons (Fsp3) is 0.211. The summed E-state index contributed by atoms with van der Waals surface area (Å²) >= 11 is 2.08. The van der Waals surface area contributed by atoms with Gasteiger partial charge in [-0.3, -0.25) is 4.98 Å². The monoisotopic (exact) mass is 463 g/mol. The second-order valence-electron chi connectivity index (χ2n) is 5.90. The molecule has 1 atom stereocenters. The second kappa shape index (κ2) is 8.39. The van der Waals surface area contributed by atoms with Gasteiger partial charge in [-0.05, 0) is 66.3 Å². The van der Waals surface area contributed by atoms with Gasteiger partial charge in [-0.1, -0.05) is 6.92 Å². The summed E-state index contributed by atoms with van der Waals surface area (Å²) in [6.07, 6.45) is 4.37. The molecule has 2 heterocycles. The van der Waals surface area contributed by atoms with Gasteiger partial charge in [-0.25, -0.2) is 9.37 Å². The van der Waals surface area contributed by atoms with Crippen molar-refractivity contribution in [2.75, 3.05) is 10.6 Å². The Morgan fingerprint density at radius 3 is 2.58 bits per heavy atom. The first-order valence-electron chi connectivity index (χ1n) is 8.33. The molecule has 134 valence electrons. The first-order valence-corrected chi connectivity index (χ1v) is 9.41. The molecule has 0 amide bonds. The number of anilines is 3. The lowest BCUT2D eigenvalue weighted by Crippen LogP contribution is -2.16. The van der Waals surface area contributed by atoms with Crippen molar-refractivity contribution < 1.29 is 4.39 Å². The highest BCUT2D eigenvalue weighted by Gasteiger charge is 2.11. The molecule has 26 heavy (non-hydrogen) atoms. The molecule has 1 aromatic carbocycles. The number of hydrogen-bond donors (Lipinski definition) is 2. The third-order valence-electron chi connectivity index (χ3n) is 3.88. The Labute approximate surface area is 165 Å². The third kappa shape index (κ3) is 4.66. The van der Waals surface area contributed by atoms with Crippen LogP contribution in [0.25, 0.3) is 11.3 Å². The number of nitrogens with zero attached hydrogens (tertiary/aromatic N) is 3. The van der Waals surface area contributed by atoms with Crippen molar-refractivity contribution in [1.82, 2.24) is 15.0 Å². The standard InChI is InChI=1S/C19H19FIN5/c1-3-12(2)23-19-25-17(13-6-8-22-9-7-13)11-18(26-19)24-16-5-4-14(21)10-15(16)20/h4-12H,3H2,1-2H3,(H2,23,24,25,26)/t12-/m1/s1. The quantitative estimate of drug-likeness (QED) is 0.490. The molecule has 0 aliphatic rings. The van der Waals surface area contributed by atoms with E-state index in [2.05, 4.69) is 62.0 Å². The molecule has 2 aromatic heterocycles. The highest BCUT2D eigenvalue weighted by Crippen LogP contribution is 2.25. The van der Waals surface area contributed by atoms with Gasteiger partial charge in [-0.15, -0.1) is 0 Å². The predicted octanol–water partition coefficient (Wildman–Crippen LogP) is 5.24. The van der Waals surface area contributed by atoms with Gasteiger partial charge in [0.25, 0.3) is 0 Å². The van der Waals surface area contributed by atoms with Gasteiger partial charge >= 0.3 is 0 Å². The molecule has 0 aliphatic heterocycles. The van der Waals surface area contributed by atoms with Crippen LogP contribution in [0.4, 0.5) is 21.8 Å². The molecule has 0 unspecified atom stereocenters. The minimum atomic E-state index is -0.322. The molecule has 0 radical (unpaired) electrons. The van der Waals surface area contributed by atoms with Crippen molar-refractivity contribution in [2.24, 2.45) is 0 Å². The molecule has 3 aromatic rings. The van der Waals surface area contributed by atoms with E-state index < -0.39 is 0 Å². The molecule has 0 aliphatic carbocycles. The lowest BCUT2D eigenvalue weighted by molar-refractivity contribution is 0.631. The summed E-state index contributed by atoms with van der Waals surface area (Å²) in [6, 6.07) is 10.8. The Kier molecular flexibility index (Phi) is 5.97. The lowest BCUT2D eigenvalue weighted by atomic mass is 10.2. The van der Waals surface area contributed by atoms with E-state index >= 15 is 0 Å². The van der Waals surface area contributed by atoms with Crippen LogP contribution in [-0.2, 0) is 0 Å². The Balaban J connectivity index is 1.98. The number of rotatable bonds is 6.